The van der Waals surface area contributed by atoms with Crippen molar-refractivity contribution in [2.24, 2.45) is 0 Å². The fourth-order valence-corrected chi connectivity index (χ4v) is 4.57. The summed E-state index contributed by atoms with van der Waals surface area (Å²) in [6.45, 7) is 9.17. The zero-order chi connectivity index (χ0) is 24.6. The quantitative estimate of drug-likeness (QED) is 0.376. The second-order valence-corrected chi connectivity index (χ2v) is 9.06. The SMILES string of the molecule is CCCCN(CCO)c1nc(N)nc2cn(Cc3ccc(CN4CCCNCC4)cc3OC)nc12. The van der Waals surface area contributed by atoms with Gasteiger partial charge in [-0.3, -0.25) is 9.58 Å². The van der Waals surface area contributed by atoms with E-state index in [1.807, 2.05) is 15.8 Å². The predicted molar refractivity (Wildman–Crippen MR) is 139 cm³/mol. The molecule has 2 aromatic heterocycles. The van der Waals surface area contributed by atoms with Crippen LogP contribution in [0.2, 0.25) is 0 Å². The van der Waals surface area contributed by atoms with Crippen molar-refractivity contribution in [2.45, 2.75) is 39.3 Å². The normalized spacial score (nSPS) is 14.8. The summed E-state index contributed by atoms with van der Waals surface area (Å²) in [6.07, 6.45) is 5.10. The number of unbranched alkanes of at least 4 members (excludes halogenated alkanes) is 1. The van der Waals surface area contributed by atoms with Crippen LogP contribution in [-0.2, 0) is 13.1 Å². The molecule has 10 heteroatoms. The van der Waals surface area contributed by atoms with Crippen molar-refractivity contribution in [3.8, 4) is 5.75 Å². The number of aliphatic hydroxyl groups excluding tert-OH is 1. The molecule has 0 aliphatic carbocycles. The van der Waals surface area contributed by atoms with E-state index < -0.39 is 0 Å². The summed E-state index contributed by atoms with van der Waals surface area (Å²) in [5, 5.41) is 17.8. The number of aliphatic hydroxyl groups is 1. The van der Waals surface area contributed by atoms with E-state index in [4.69, 9.17) is 15.6 Å². The molecule has 0 amide bonds. The minimum atomic E-state index is 0.0350. The summed E-state index contributed by atoms with van der Waals surface area (Å²) in [6, 6.07) is 6.43. The van der Waals surface area contributed by atoms with Gasteiger partial charge in [-0.1, -0.05) is 25.5 Å². The molecule has 1 saturated heterocycles. The molecule has 3 heterocycles. The topological polar surface area (TPSA) is 118 Å². The third kappa shape index (κ3) is 6.39. The van der Waals surface area contributed by atoms with Gasteiger partial charge in [-0.05, 0) is 37.6 Å². The number of nitrogens with zero attached hydrogens (tertiary/aromatic N) is 6. The molecule has 4 rings (SSSR count). The van der Waals surface area contributed by atoms with E-state index in [1.54, 1.807) is 7.11 Å². The smallest absolute Gasteiger partial charge is 0.222 e. The zero-order valence-corrected chi connectivity index (χ0v) is 20.9. The third-order valence-electron chi connectivity index (χ3n) is 6.38. The van der Waals surface area contributed by atoms with Crippen LogP contribution in [0.15, 0.2) is 24.4 Å². The number of nitrogen functional groups attached to an aromatic ring is 1. The maximum Gasteiger partial charge on any atom is 0.222 e. The highest BCUT2D eigenvalue weighted by molar-refractivity contribution is 5.86. The second kappa shape index (κ2) is 12.1. The Morgan fingerprint density at radius 2 is 2.06 bits per heavy atom. The Hall–Kier alpha value is -2.95. The lowest BCUT2D eigenvalue weighted by molar-refractivity contribution is 0.284. The van der Waals surface area contributed by atoms with Crippen molar-refractivity contribution in [1.82, 2.24) is 30.0 Å². The summed E-state index contributed by atoms with van der Waals surface area (Å²) in [7, 11) is 1.71. The first kappa shape index (κ1) is 25.2. The number of nitrogens with one attached hydrogen (secondary N) is 1. The summed E-state index contributed by atoms with van der Waals surface area (Å²) >= 11 is 0. The molecule has 4 N–H and O–H groups in total. The van der Waals surface area contributed by atoms with Gasteiger partial charge in [0.05, 0.1) is 26.5 Å². The van der Waals surface area contributed by atoms with Crippen LogP contribution in [0.25, 0.3) is 11.0 Å². The van der Waals surface area contributed by atoms with Gasteiger partial charge in [0.25, 0.3) is 0 Å². The van der Waals surface area contributed by atoms with E-state index in [-0.39, 0.29) is 12.6 Å². The van der Waals surface area contributed by atoms with Gasteiger partial charge in [-0.2, -0.15) is 10.1 Å². The van der Waals surface area contributed by atoms with E-state index in [1.165, 1.54) is 12.0 Å². The summed E-state index contributed by atoms with van der Waals surface area (Å²) in [4.78, 5) is 13.4. The molecular formula is C25H38N8O2. The second-order valence-electron chi connectivity index (χ2n) is 9.06. The minimum Gasteiger partial charge on any atom is -0.496 e. The molecular weight excluding hydrogens is 444 g/mol. The molecule has 10 nitrogen and oxygen atoms in total. The molecule has 0 saturated carbocycles. The van der Waals surface area contributed by atoms with Crippen LogP contribution in [0.1, 0.15) is 37.3 Å². The minimum absolute atomic E-state index is 0.0350. The summed E-state index contributed by atoms with van der Waals surface area (Å²) in [5.74, 6) is 1.73. The Morgan fingerprint density at radius 3 is 2.86 bits per heavy atom. The monoisotopic (exact) mass is 482 g/mol. The highest BCUT2D eigenvalue weighted by atomic mass is 16.5. The predicted octanol–water partition coefficient (Wildman–Crippen LogP) is 1.86. The lowest BCUT2D eigenvalue weighted by Gasteiger charge is -2.22. The van der Waals surface area contributed by atoms with E-state index in [0.717, 1.165) is 63.4 Å². The van der Waals surface area contributed by atoms with Gasteiger partial charge in [0.1, 0.15) is 11.3 Å². The fourth-order valence-electron chi connectivity index (χ4n) is 4.57. The van der Waals surface area contributed by atoms with Gasteiger partial charge in [-0.25, -0.2) is 4.98 Å². The number of fused-ring (bicyclic) bond motifs is 1. The highest BCUT2D eigenvalue weighted by Crippen LogP contribution is 2.26. The first-order valence-electron chi connectivity index (χ1n) is 12.6. The molecule has 0 bridgehead atoms. The number of rotatable bonds is 11. The number of hydrogen-bond donors (Lipinski definition) is 3. The Balaban J connectivity index is 1.57. The summed E-state index contributed by atoms with van der Waals surface area (Å²) in [5.41, 5.74) is 9.69. The number of methoxy groups -OCH3 is 1. The molecule has 1 aliphatic heterocycles. The van der Waals surface area contributed by atoms with Crippen molar-refractivity contribution in [3.63, 3.8) is 0 Å². The highest BCUT2D eigenvalue weighted by Gasteiger charge is 2.18. The average molecular weight is 483 g/mol. The zero-order valence-electron chi connectivity index (χ0n) is 20.9. The van der Waals surface area contributed by atoms with Crippen LogP contribution in [0.4, 0.5) is 11.8 Å². The molecule has 35 heavy (non-hydrogen) atoms. The standard InChI is InChI=1S/C25H38N8O2/c1-3-4-11-32(13-14-34)24-23-21(28-25(26)29-24)18-33(30-23)17-20-7-6-19(15-22(20)35-2)16-31-10-5-8-27-9-12-31/h6-7,15,18,27,34H,3-5,8-14,16-17H2,1-2H3,(H2,26,28). The Kier molecular flexibility index (Phi) is 8.73. The Bertz CT molecular complexity index is 1090. The molecule has 0 spiro atoms. The fraction of sp³-hybridized carbons (Fsp3) is 0.560. The Labute approximate surface area is 207 Å². The molecule has 1 fully saturated rings. The van der Waals surface area contributed by atoms with Gasteiger partial charge in [0, 0.05) is 38.3 Å². The first-order chi connectivity index (χ1) is 17.1. The molecule has 0 atom stereocenters. The molecule has 190 valence electrons. The molecule has 0 radical (unpaired) electrons. The summed E-state index contributed by atoms with van der Waals surface area (Å²) < 4.78 is 7.61. The van der Waals surface area contributed by atoms with Crippen LogP contribution in [-0.4, -0.2) is 82.7 Å². The maximum atomic E-state index is 9.57. The van der Waals surface area contributed by atoms with Gasteiger partial charge < -0.3 is 25.8 Å². The van der Waals surface area contributed by atoms with E-state index in [9.17, 15) is 5.11 Å². The number of benzene rings is 1. The molecule has 1 aliphatic rings. The van der Waals surface area contributed by atoms with Gasteiger partial charge in [0.2, 0.25) is 5.95 Å². The Morgan fingerprint density at radius 1 is 1.17 bits per heavy atom. The number of hydrogen-bond acceptors (Lipinski definition) is 9. The number of aromatic nitrogens is 4. The lowest BCUT2D eigenvalue weighted by atomic mass is 10.1. The van der Waals surface area contributed by atoms with Crippen LogP contribution in [0, 0.1) is 0 Å². The maximum absolute atomic E-state index is 9.57. The molecule has 3 aromatic rings. The van der Waals surface area contributed by atoms with Crippen LogP contribution in [0.3, 0.4) is 0 Å². The molecule has 1 aromatic carbocycles. The van der Waals surface area contributed by atoms with E-state index in [2.05, 4.69) is 45.3 Å². The van der Waals surface area contributed by atoms with Crippen molar-refractivity contribution < 1.29 is 9.84 Å². The number of ether oxygens (including phenoxy) is 1. The lowest BCUT2D eigenvalue weighted by Crippen LogP contribution is -2.29. The van der Waals surface area contributed by atoms with E-state index >= 15 is 0 Å². The number of anilines is 2. The number of nitrogens with two attached hydrogens (primary N) is 1. The van der Waals surface area contributed by atoms with Crippen LogP contribution in [0.5, 0.6) is 5.75 Å². The van der Waals surface area contributed by atoms with Gasteiger partial charge in [0.15, 0.2) is 11.3 Å². The van der Waals surface area contributed by atoms with Crippen molar-refractivity contribution in [2.75, 3.05) is 63.6 Å². The van der Waals surface area contributed by atoms with Crippen molar-refractivity contribution in [1.29, 1.82) is 0 Å². The van der Waals surface area contributed by atoms with E-state index in [0.29, 0.717) is 29.9 Å². The van der Waals surface area contributed by atoms with Crippen LogP contribution >= 0.6 is 0 Å². The first-order valence-corrected chi connectivity index (χ1v) is 12.6. The largest absolute Gasteiger partial charge is 0.496 e. The van der Waals surface area contributed by atoms with Crippen molar-refractivity contribution >= 4 is 22.8 Å². The van der Waals surface area contributed by atoms with Crippen LogP contribution < -0.4 is 20.7 Å². The molecule has 0 unspecified atom stereocenters. The third-order valence-corrected chi connectivity index (χ3v) is 6.38. The van der Waals surface area contributed by atoms with Gasteiger partial charge in [-0.15, -0.1) is 0 Å². The average Bonchev–Trinajstić information content (AvgIpc) is 3.07. The van der Waals surface area contributed by atoms with Gasteiger partial charge >= 0.3 is 0 Å². The van der Waals surface area contributed by atoms with Crippen molar-refractivity contribution in [3.05, 3.63) is 35.5 Å².